The van der Waals surface area contributed by atoms with Gasteiger partial charge in [-0.05, 0) is 60.4 Å². The number of carbonyl (C=O) groups excluding carboxylic acids is 3. The zero-order chi connectivity index (χ0) is 28.6. The second kappa shape index (κ2) is 11.2. The van der Waals surface area contributed by atoms with Crippen LogP contribution in [0.5, 0.6) is 0 Å². The number of ketones is 1. The number of amides is 2. The van der Waals surface area contributed by atoms with Crippen molar-refractivity contribution in [3.63, 3.8) is 0 Å². The molecule has 1 aliphatic rings. The number of aliphatic carboxylic acids is 1. The molecule has 0 fully saturated rings. The highest BCUT2D eigenvalue weighted by Gasteiger charge is 2.30. The van der Waals surface area contributed by atoms with Gasteiger partial charge in [-0.2, -0.15) is 0 Å². The normalized spacial score (nSPS) is 13.5. The van der Waals surface area contributed by atoms with E-state index in [0.717, 1.165) is 5.39 Å². The Morgan fingerprint density at radius 2 is 1.85 bits per heavy atom. The Labute approximate surface area is 239 Å². The lowest BCUT2D eigenvalue weighted by atomic mass is 9.95. The molecule has 0 saturated carbocycles. The van der Waals surface area contributed by atoms with Crippen LogP contribution in [0.4, 0.5) is 0 Å². The van der Waals surface area contributed by atoms with Crippen LogP contribution < -0.4 is 5.32 Å². The number of hydrogen-bond acceptors (Lipinski definition) is 5. The van der Waals surface area contributed by atoms with Crippen molar-refractivity contribution in [2.24, 2.45) is 0 Å². The number of hydrogen-bond donors (Lipinski definition) is 2. The van der Waals surface area contributed by atoms with Gasteiger partial charge in [0.2, 0.25) is 0 Å². The highest BCUT2D eigenvalue weighted by Crippen LogP contribution is 2.35. The van der Waals surface area contributed by atoms with Crippen LogP contribution >= 0.6 is 23.2 Å². The third kappa shape index (κ3) is 5.46. The van der Waals surface area contributed by atoms with Crippen molar-refractivity contribution >= 4 is 57.7 Å². The molecule has 0 bridgehead atoms. The van der Waals surface area contributed by atoms with Crippen molar-refractivity contribution in [3.05, 3.63) is 104 Å². The maximum absolute atomic E-state index is 13.2. The summed E-state index contributed by atoms with van der Waals surface area (Å²) in [5.74, 6) is -2.28. The van der Waals surface area contributed by atoms with Gasteiger partial charge in [0.1, 0.15) is 11.6 Å². The Balaban J connectivity index is 1.34. The molecule has 2 amide bonds. The molecule has 4 aromatic rings. The van der Waals surface area contributed by atoms with E-state index in [1.807, 2.05) is 12.1 Å². The lowest BCUT2D eigenvalue weighted by Gasteiger charge is -2.30. The summed E-state index contributed by atoms with van der Waals surface area (Å²) in [7, 11) is 0. The van der Waals surface area contributed by atoms with Crippen molar-refractivity contribution in [2.45, 2.75) is 32.4 Å². The predicted octanol–water partition coefficient (Wildman–Crippen LogP) is 5.57. The van der Waals surface area contributed by atoms with Gasteiger partial charge in [-0.1, -0.05) is 47.5 Å². The Hall–Kier alpha value is -4.14. The van der Waals surface area contributed by atoms with Gasteiger partial charge in [-0.3, -0.25) is 14.4 Å². The number of Topliss-reactive ketones (excluding diaryl/α,β-unsaturated/α-hetero) is 1. The molecule has 3 aromatic carbocycles. The average Bonchev–Trinajstić information content (AvgIpc) is 3.40. The van der Waals surface area contributed by atoms with Crippen molar-refractivity contribution in [2.75, 3.05) is 6.54 Å². The zero-order valence-corrected chi connectivity index (χ0v) is 22.9. The first-order chi connectivity index (χ1) is 19.1. The topological polar surface area (TPSA) is 117 Å². The Morgan fingerprint density at radius 1 is 1.05 bits per heavy atom. The molecule has 0 aliphatic carbocycles. The molecule has 8 nitrogen and oxygen atoms in total. The van der Waals surface area contributed by atoms with Crippen molar-refractivity contribution in [3.8, 4) is 0 Å². The maximum atomic E-state index is 13.2. The molecule has 204 valence electrons. The molecule has 1 atom stereocenters. The van der Waals surface area contributed by atoms with E-state index >= 15 is 0 Å². The SMILES string of the molecule is CC(=O)c1cccc(C[C@H](NC(=O)c2c(Cl)cc3c(c2Cl)CCN(C(=O)c2ccc4ccoc4c2)C3)C(=O)O)c1. The lowest BCUT2D eigenvalue weighted by molar-refractivity contribution is -0.139. The van der Waals surface area contributed by atoms with Crippen LogP contribution in [0.3, 0.4) is 0 Å². The van der Waals surface area contributed by atoms with Crippen LogP contribution in [0.1, 0.15) is 54.7 Å². The van der Waals surface area contributed by atoms with E-state index in [4.69, 9.17) is 27.6 Å². The number of nitrogens with zero attached hydrogens (tertiary/aromatic N) is 1. The monoisotopic (exact) mass is 578 g/mol. The summed E-state index contributed by atoms with van der Waals surface area (Å²) >= 11 is 13.1. The van der Waals surface area contributed by atoms with Crippen molar-refractivity contribution in [1.82, 2.24) is 10.2 Å². The van der Waals surface area contributed by atoms with Gasteiger partial charge < -0.3 is 19.7 Å². The standard InChI is InChI=1S/C30H24Cl2N2O6/c1-16(35)19-4-2-3-17(11-19)12-24(30(38)39)33-28(36)26-23(31)13-21-15-34(9-7-22(21)27(26)32)29(37)20-6-5-18-8-10-40-25(18)14-20/h2-6,8,10-11,13-14,24H,7,9,12,15H2,1H3,(H,33,36)(H,38,39)/t24-/m0/s1. The lowest BCUT2D eigenvalue weighted by Crippen LogP contribution is -2.42. The number of carbonyl (C=O) groups is 4. The smallest absolute Gasteiger partial charge is 0.326 e. The first kappa shape index (κ1) is 27.4. The summed E-state index contributed by atoms with van der Waals surface area (Å²) in [4.78, 5) is 51.8. The first-order valence-electron chi connectivity index (χ1n) is 12.5. The summed E-state index contributed by atoms with van der Waals surface area (Å²) in [6, 6.07) is 14.0. The molecule has 1 aromatic heterocycles. The maximum Gasteiger partial charge on any atom is 0.326 e. The minimum Gasteiger partial charge on any atom is -0.480 e. The van der Waals surface area contributed by atoms with E-state index in [2.05, 4.69) is 5.32 Å². The van der Waals surface area contributed by atoms with E-state index in [0.29, 0.717) is 46.4 Å². The van der Waals surface area contributed by atoms with Crippen LogP contribution in [0, 0.1) is 0 Å². The molecule has 2 heterocycles. The van der Waals surface area contributed by atoms with E-state index in [1.165, 1.54) is 6.92 Å². The largest absolute Gasteiger partial charge is 0.480 e. The number of halogens is 2. The number of rotatable bonds is 7. The highest BCUT2D eigenvalue weighted by atomic mass is 35.5. The second-order valence-corrected chi connectivity index (χ2v) is 10.4. The van der Waals surface area contributed by atoms with Gasteiger partial charge in [0.15, 0.2) is 5.78 Å². The molecule has 1 aliphatic heterocycles. The van der Waals surface area contributed by atoms with Gasteiger partial charge in [0.25, 0.3) is 11.8 Å². The molecule has 0 spiro atoms. The fraction of sp³-hybridized carbons (Fsp3) is 0.200. The number of carboxylic acid groups (broad SMARTS) is 1. The molecule has 5 rings (SSSR count). The van der Waals surface area contributed by atoms with Gasteiger partial charge in [-0.15, -0.1) is 0 Å². The van der Waals surface area contributed by atoms with Crippen molar-refractivity contribution in [1.29, 1.82) is 0 Å². The van der Waals surface area contributed by atoms with Gasteiger partial charge in [0.05, 0.1) is 21.9 Å². The Kier molecular flexibility index (Phi) is 7.65. The van der Waals surface area contributed by atoms with Crippen LogP contribution in [0.2, 0.25) is 10.0 Å². The van der Waals surface area contributed by atoms with Gasteiger partial charge >= 0.3 is 5.97 Å². The molecular weight excluding hydrogens is 555 g/mol. The van der Waals surface area contributed by atoms with Gasteiger partial charge in [0, 0.05) is 36.0 Å². The number of benzene rings is 3. The molecule has 10 heteroatoms. The van der Waals surface area contributed by atoms with Crippen LogP contribution in [-0.4, -0.2) is 46.2 Å². The zero-order valence-electron chi connectivity index (χ0n) is 21.4. The van der Waals surface area contributed by atoms with E-state index < -0.39 is 17.9 Å². The average molecular weight is 579 g/mol. The fourth-order valence-electron chi connectivity index (χ4n) is 4.89. The minimum absolute atomic E-state index is 0.0196. The quantitative estimate of drug-likeness (QED) is 0.277. The Morgan fingerprint density at radius 3 is 2.60 bits per heavy atom. The fourth-order valence-corrected chi connectivity index (χ4v) is 5.65. The summed E-state index contributed by atoms with van der Waals surface area (Å²) < 4.78 is 5.42. The van der Waals surface area contributed by atoms with Crippen molar-refractivity contribution < 1.29 is 28.7 Å². The third-order valence-electron chi connectivity index (χ3n) is 7.00. The summed E-state index contributed by atoms with van der Waals surface area (Å²) in [6.07, 6.45) is 1.92. The summed E-state index contributed by atoms with van der Waals surface area (Å²) in [6.45, 7) is 2.04. The van der Waals surface area contributed by atoms with Crippen LogP contribution in [0.25, 0.3) is 11.0 Å². The highest BCUT2D eigenvalue weighted by molar-refractivity contribution is 6.40. The number of furan rings is 1. The predicted molar refractivity (Wildman–Crippen MR) is 150 cm³/mol. The minimum atomic E-state index is -1.28. The van der Waals surface area contributed by atoms with Crippen LogP contribution in [0.15, 0.2) is 65.3 Å². The van der Waals surface area contributed by atoms with E-state index in [-0.39, 0.29) is 40.3 Å². The molecule has 2 N–H and O–H groups in total. The first-order valence-corrected chi connectivity index (χ1v) is 13.3. The second-order valence-electron chi connectivity index (χ2n) is 9.66. The molecule has 0 radical (unpaired) electrons. The van der Waals surface area contributed by atoms with E-state index in [1.54, 1.807) is 53.6 Å². The number of carboxylic acids is 1. The Bertz CT molecular complexity index is 1680. The number of nitrogens with one attached hydrogen (secondary N) is 1. The van der Waals surface area contributed by atoms with E-state index in [9.17, 15) is 24.3 Å². The number of fused-ring (bicyclic) bond motifs is 2. The summed E-state index contributed by atoms with van der Waals surface area (Å²) in [5.41, 5.74) is 3.52. The van der Waals surface area contributed by atoms with Gasteiger partial charge in [-0.25, -0.2) is 4.79 Å². The molecule has 0 unspecified atom stereocenters. The van der Waals surface area contributed by atoms with Crippen LogP contribution in [-0.2, 0) is 24.2 Å². The molecule has 0 saturated heterocycles. The third-order valence-corrected chi connectivity index (χ3v) is 7.71. The molecule has 40 heavy (non-hydrogen) atoms. The molecular formula is C30H24Cl2N2O6. The summed E-state index contributed by atoms with van der Waals surface area (Å²) in [5, 5.41) is 13.4.